The van der Waals surface area contributed by atoms with Gasteiger partial charge in [-0.15, -0.1) is 0 Å². The van der Waals surface area contributed by atoms with E-state index in [9.17, 15) is 9.59 Å². The number of ether oxygens (including phenoxy) is 2. The highest BCUT2D eigenvalue weighted by molar-refractivity contribution is 5.94. The summed E-state index contributed by atoms with van der Waals surface area (Å²) in [5.41, 5.74) is 2.37. The first-order chi connectivity index (χ1) is 15.6. The van der Waals surface area contributed by atoms with Gasteiger partial charge in [0.2, 0.25) is 5.91 Å². The Morgan fingerprint density at radius 2 is 1.91 bits per heavy atom. The average molecular weight is 435 g/mol. The van der Waals surface area contributed by atoms with Gasteiger partial charge in [-0.25, -0.2) is 0 Å². The lowest BCUT2D eigenvalue weighted by molar-refractivity contribution is -0.116. The number of piperidine rings is 1. The molecule has 168 valence electrons. The fourth-order valence-corrected chi connectivity index (χ4v) is 3.57. The molecule has 3 rings (SSSR count). The van der Waals surface area contributed by atoms with Crippen LogP contribution in [-0.2, 0) is 11.3 Å². The quantitative estimate of drug-likeness (QED) is 0.474. The van der Waals surface area contributed by atoms with Crippen LogP contribution in [0.1, 0.15) is 40.7 Å². The Morgan fingerprint density at radius 1 is 1.09 bits per heavy atom. The molecule has 0 spiro atoms. The average Bonchev–Trinajstić information content (AvgIpc) is 2.85. The van der Waals surface area contributed by atoms with Gasteiger partial charge in [0, 0.05) is 31.3 Å². The van der Waals surface area contributed by atoms with Gasteiger partial charge in [0.25, 0.3) is 5.91 Å². The van der Waals surface area contributed by atoms with Gasteiger partial charge < -0.3 is 19.7 Å². The molecule has 0 bridgehead atoms. The number of nitrogens with one attached hydrogen (secondary N) is 1. The molecule has 32 heavy (non-hydrogen) atoms. The zero-order chi connectivity index (χ0) is 22.8. The van der Waals surface area contributed by atoms with Gasteiger partial charge in [0.15, 0.2) is 11.5 Å². The molecule has 6 nitrogen and oxygen atoms in total. The second-order valence-corrected chi connectivity index (χ2v) is 7.61. The number of rotatable bonds is 9. The lowest BCUT2D eigenvalue weighted by Crippen LogP contribution is -2.35. The van der Waals surface area contributed by atoms with Gasteiger partial charge in [-0.1, -0.05) is 30.9 Å². The number of methoxy groups -OCH3 is 1. The molecule has 1 aliphatic heterocycles. The van der Waals surface area contributed by atoms with E-state index in [-0.39, 0.29) is 11.8 Å². The smallest absolute Gasteiger partial charge is 0.253 e. The van der Waals surface area contributed by atoms with Crippen molar-refractivity contribution in [3.63, 3.8) is 0 Å². The summed E-state index contributed by atoms with van der Waals surface area (Å²) >= 11 is 0. The summed E-state index contributed by atoms with van der Waals surface area (Å²) in [4.78, 5) is 26.9. The van der Waals surface area contributed by atoms with E-state index in [1.54, 1.807) is 31.4 Å². The van der Waals surface area contributed by atoms with Crippen molar-refractivity contribution in [3.8, 4) is 11.5 Å². The van der Waals surface area contributed by atoms with Gasteiger partial charge in [0.1, 0.15) is 6.61 Å². The molecule has 0 aromatic heterocycles. The zero-order valence-electron chi connectivity index (χ0n) is 18.5. The lowest BCUT2D eigenvalue weighted by Gasteiger charge is -2.26. The van der Waals surface area contributed by atoms with Gasteiger partial charge in [0.05, 0.1) is 7.11 Å². The summed E-state index contributed by atoms with van der Waals surface area (Å²) in [5, 5.41) is 2.87. The van der Waals surface area contributed by atoms with Crippen molar-refractivity contribution in [1.29, 1.82) is 0 Å². The molecule has 2 aromatic rings. The third kappa shape index (κ3) is 6.48. The molecular weight excluding hydrogens is 404 g/mol. The summed E-state index contributed by atoms with van der Waals surface area (Å²) in [7, 11) is 1.57. The maximum atomic E-state index is 12.7. The highest BCUT2D eigenvalue weighted by Crippen LogP contribution is 2.28. The van der Waals surface area contributed by atoms with E-state index in [0.717, 1.165) is 37.1 Å². The van der Waals surface area contributed by atoms with Crippen LogP contribution in [0.25, 0.3) is 6.08 Å². The highest BCUT2D eigenvalue weighted by Gasteiger charge is 2.18. The Bertz CT molecular complexity index is 978. The molecule has 1 saturated heterocycles. The van der Waals surface area contributed by atoms with Crippen LogP contribution >= 0.6 is 0 Å². The number of amides is 2. The summed E-state index contributed by atoms with van der Waals surface area (Å²) < 4.78 is 10.9. The van der Waals surface area contributed by atoms with Crippen LogP contribution in [0, 0.1) is 0 Å². The van der Waals surface area contributed by atoms with E-state index in [1.165, 1.54) is 12.5 Å². The maximum absolute atomic E-state index is 12.7. The van der Waals surface area contributed by atoms with Crippen LogP contribution in [0.5, 0.6) is 11.5 Å². The Balaban J connectivity index is 1.56. The van der Waals surface area contributed by atoms with Crippen molar-refractivity contribution < 1.29 is 19.1 Å². The van der Waals surface area contributed by atoms with Crippen molar-refractivity contribution >= 4 is 17.9 Å². The molecule has 0 saturated carbocycles. The van der Waals surface area contributed by atoms with E-state index in [2.05, 4.69) is 11.9 Å². The summed E-state index contributed by atoms with van der Waals surface area (Å²) in [6.45, 7) is 6.00. The van der Waals surface area contributed by atoms with E-state index in [4.69, 9.17) is 9.47 Å². The standard InChI is InChI=1S/C26H30N2O4/c1-3-16-32-23-12-10-20(18-24(23)31-2)11-13-25(29)27-19-21-8-7-9-22(17-21)26(30)28-14-5-4-6-15-28/h3,7-13,17-18H,1,4-6,14-16,19H2,2H3,(H,27,29). The lowest BCUT2D eigenvalue weighted by atomic mass is 10.1. The van der Waals surface area contributed by atoms with Crippen molar-refractivity contribution in [2.24, 2.45) is 0 Å². The molecule has 1 aliphatic rings. The van der Waals surface area contributed by atoms with Gasteiger partial charge in [-0.3, -0.25) is 9.59 Å². The number of hydrogen-bond donors (Lipinski definition) is 1. The number of carbonyl (C=O) groups excluding carboxylic acids is 2. The third-order valence-corrected chi connectivity index (χ3v) is 5.26. The Labute approximate surface area is 189 Å². The van der Waals surface area contributed by atoms with Crippen molar-refractivity contribution in [1.82, 2.24) is 10.2 Å². The van der Waals surface area contributed by atoms with Crippen LogP contribution in [0.15, 0.2) is 61.2 Å². The number of carbonyl (C=O) groups is 2. The molecule has 6 heteroatoms. The second-order valence-electron chi connectivity index (χ2n) is 7.61. The number of nitrogens with zero attached hydrogens (tertiary/aromatic N) is 1. The van der Waals surface area contributed by atoms with E-state index in [1.807, 2.05) is 35.2 Å². The molecule has 0 unspecified atom stereocenters. The first-order valence-corrected chi connectivity index (χ1v) is 10.9. The number of hydrogen-bond acceptors (Lipinski definition) is 4. The predicted molar refractivity (Wildman–Crippen MR) is 126 cm³/mol. The SMILES string of the molecule is C=CCOc1ccc(C=CC(=O)NCc2cccc(C(=O)N3CCCCC3)c2)cc1OC. The first-order valence-electron chi connectivity index (χ1n) is 10.9. The number of likely N-dealkylation sites (tertiary alicyclic amines) is 1. The van der Waals surface area contributed by atoms with Crippen LogP contribution in [0.4, 0.5) is 0 Å². The monoisotopic (exact) mass is 434 g/mol. The molecule has 2 amide bonds. The third-order valence-electron chi connectivity index (χ3n) is 5.26. The first kappa shape index (κ1) is 23.1. The maximum Gasteiger partial charge on any atom is 0.253 e. The molecule has 0 aliphatic carbocycles. The topological polar surface area (TPSA) is 67.9 Å². The van der Waals surface area contributed by atoms with Crippen LogP contribution in [0.2, 0.25) is 0 Å². The second kappa shape index (κ2) is 11.7. The molecule has 1 heterocycles. The molecule has 0 radical (unpaired) electrons. The summed E-state index contributed by atoms with van der Waals surface area (Å²) in [6.07, 6.45) is 8.15. The van der Waals surface area contributed by atoms with Gasteiger partial charge in [-0.05, 0) is 60.7 Å². The normalized spacial score (nSPS) is 13.6. The van der Waals surface area contributed by atoms with E-state index >= 15 is 0 Å². The molecule has 1 N–H and O–H groups in total. The fourth-order valence-electron chi connectivity index (χ4n) is 3.57. The minimum atomic E-state index is -0.219. The van der Waals surface area contributed by atoms with Gasteiger partial charge in [-0.2, -0.15) is 0 Å². The van der Waals surface area contributed by atoms with E-state index in [0.29, 0.717) is 30.2 Å². The predicted octanol–water partition coefficient (Wildman–Crippen LogP) is 4.22. The molecule has 2 aromatic carbocycles. The number of benzene rings is 2. The van der Waals surface area contributed by atoms with E-state index < -0.39 is 0 Å². The van der Waals surface area contributed by atoms with Crippen LogP contribution in [-0.4, -0.2) is 43.5 Å². The zero-order valence-corrected chi connectivity index (χ0v) is 18.5. The van der Waals surface area contributed by atoms with Crippen LogP contribution in [0.3, 0.4) is 0 Å². The summed E-state index contributed by atoms with van der Waals surface area (Å²) in [6, 6.07) is 12.9. The highest BCUT2D eigenvalue weighted by atomic mass is 16.5. The summed E-state index contributed by atoms with van der Waals surface area (Å²) in [5.74, 6) is 1.05. The van der Waals surface area contributed by atoms with Crippen LogP contribution < -0.4 is 14.8 Å². The Kier molecular flexibility index (Phi) is 8.49. The minimum absolute atomic E-state index is 0.0623. The van der Waals surface area contributed by atoms with Gasteiger partial charge >= 0.3 is 0 Å². The Morgan fingerprint density at radius 3 is 2.66 bits per heavy atom. The molecular formula is C26H30N2O4. The molecule has 0 atom stereocenters. The Hall–Kier alpha value is -3.54. The van der Waals surface area contributed by atoms with Crippen molar-refractivity contribution in [2.45, 2.75) is 25.8 Å². The largest absolute Gasteiger partial charge is 0.493 e. The molecule has 1 fully saturated rings. The minimum Gasteiger partial charge on any atom is -0.493 e. The fraction of sp³-hybridized carbons (Fsp3) is 0.308. The van der Waals surface area contributed by atoms with Crippen molar-refractivity contribution in [3.05, 3.63) is 77.9 Å². The van der Waals surface area contributed by atoms with Crippen molar-refractivity contribution in [2.75, 3.05) is 26.8 Å².